The normalized spacial score (nSPS) is 27.8. The second-order valence-electron chi connectivity index (χ2n) is 6.93. The van der Waals surface area contributed by atoms with Crippen LogP contribution < -0.4 is 4.74 Å². The van der Waals surface area contributed by atoms with Crippen molar-refractivity contribution >= 4 is 16.0 Å². The molecule has 2 N–H and O–H groups in total. The summed E-state index contributed by atoms with van der Waals surface area (Å²) < 4.78 is 32.2. The third-order valence-electron chi connectivity index (χ3n) is 5.20. The smallest absolute Gasteiger partial charge is 0.313 e. The Labute approximate surface area is 147 Å². The van der Waals surface area contributed by atoms with Gasteiger partial charge in [0.05, 0.1) is 18.1 Å². The van der Waals surface area contributed by atoms with Crippen LogP contribution in [0.2, 0.25) is 0 Å². The monoisotopic (exact) mass is 369 g/mol. The van der Waals surface area contributed by atoms with Crippen LogP contribution in [0.25, 0.3) is 0 Å². The number of methoxy groups -OCH3 is 1. The first-order valence-corrected chi connectivity index (χ1v) is 9.79. The highest BCUT2D eigenvalue weighted by atomic mass is 32.2. The fourth-order valence-electron chi connectivity index (χ4n) is 3.49. The number of nitrogens with zero attached hydrogens (tertiary/aromatic N) is 1. The first-order valence-electron chi connectivity index (χ1n) is 8.35. The van der Waals surface area contributed by atoms with Crippen LogP contribution in [-0.4, -0.2) is 55.2 Å². The van der Waals surface area contributed by atoms with Gasteiger partial charge >= 0.3 is 5.97 Å². The van der Waals surface area contributed by atoms with E-state index in [0.717, 1.165) is 12.8 Å². The number of carboxylic acids is 1. The Kier molecular flexibility index (Phi) is 4.78. The number of aliphatic hydroxyl groups is 1. The standard InChI is InChI=1S/C17H23NO6S/c1-24-13-3-2-4-14(9-13)25(22,23)18-8-7-15(19)17(11-18,16(20)21)10-12-5-6-12/h2-4,9,12,15,19H,5-8,10-11H2,1H3,(H,20,21)/t15-,17-/m0/s1. The number of ether oxygens (including phenoxy) is 1. The minimum Gasteiger partial charge on any atom is -0.497 e. The van der Waals surface area contributed by atoms with E-state index in [1.165, 1.54) is 23.5 Å². The van der Waals surface area contributed by atoms with E-state index >= 15 is 0 Å². The molecule has 1 heterocycles. The van der Waals surface area contributed by atoms with E-state index in [4.69, 9.17) is 4.74 Å². The van der Waals surface area contributed by atoms with Gasteiger partial charge in [0, 0.05) is 19.2 Å². The second-order valence-corrected chi connectivity index (χ2v) is 8.87. The summed E-state index contributed by atoms with van der Waals surface area (Å²) in [6, 6.07) is 6.11. The molecule has 0 spiro atoms. The quantitative estimate of drug-likeness (QED) is 0.784. The Bertz CT molecular complexity index is 760. The summed E-state index contributed by atoms with van der Waals surface area (Å²) in [5, 5.41) is 20.2. The summed E-state index contributed by atoms with van der Waals surface area (Å²) >= 11 is 0. The Hall–Kier alpha value is -1.64. The van der Waals surface area contributed by atoms with Crippen LogP contribution in [0, 0.1) is 11.3 Å². The van der Waals surface area contributed by atoms with Gasteiger partial charge in [-0.15, -0.1) is 0 Å². The largest absolute Gasteiger partial charge is 0.497 e. The van der Waals surface area contributed by atoms with Gasteiger partial charge in [0.15, 0.2) is 0 Å². The highest BCUT2D eigenvalue weighted by Gasteiger charge is 2.53. The molecule has 1 saturated carbocycles. The SMILES string of the molecule is COc1cccc(S(=O)(=O)N2CC[C@H](O)[C@@](CC3CC3)(C(=O)O)C2)c1. The number of carbonyl (C=O) groups is 1. The van der Waals surface area contributed by atoms with Gasteiger partial charge in [-0.2, -0.15) is 4.31 Å². The van der Waals surface area contributed by atoms with Crippen molar-refractivity contribution in [2.24, 2.45) is 11.3 Å². The maximum Gasteiger partial charge on any atom is 0.313 e. The second kappa shape index (κ2) is 6.59. The van der Waals surface area contributed by atoms with Crippen LogP contribution in [0.3, 0.4) is 0 Å². The summed E-state index contributed by atoms with van der Waals surface area (Å²) in [7, 11) is -2.41. The van der Waals surface area contributed by atoms with Crippen LogP contribution in [-0.2, 0) is 14.8 Å². The number of sulfonamides is 1. The average molecular weight is 369 g/mol. The van der Waals surface area contributed by atoms with Crippen molar-refractivity contribution in [3.63, 3.8) is 0 Å². The predicted octanol–water partition coefficient (Wildman–Crippen LogP) is 1.32. The first kappa shape index (κ1) is 18.2. The summed E-state index contributed by atoms with van der Waals surface area (Å²) in [5.41, 5.74) is -1.44. The number of piperidine rings is 1. The molecule has 0 bridgehead atoms. The molecule has 2 aliphatic rings. The molecule has 0 aromatic heterocycles. The lowest BCUT2D eigenvalue weighted by molar-refractivity contribution is -0.162. The van der Waals surface area contributed by atoms with E-state index in [9.17, 15) is 23.4 Å². The number of aliphatic carboxylic acids is 1. The number of rotatable bonds is 6. The van der Waals surface area contributed by atoms with Crippen molar-refractivity contribution in [3.8, 4) is 5.75 Å². The number of benzene rings is 1. The maximum atomic E-state index is 13.0. The molecule has 2 fully saturated rings. The first-order chi connectivity index (χ1) is 11.8. The Morgan fingerprint density at radius 2 is 2.08 bits per heavy atom. The Morgan fingerprint density at radius 1 is 1.36 bits per heavy atom. The summed E-state index contributed by atoms with van der Waals surface area (Å²) in [5.74, 6) is -0.455. The molecule has 7 nitrogen and oxygen atoms in total. The fraction of sp³-hybridized carbons (Fsp3) is 0.588. The van der Waals surface area contributed by atoms with Crippen molar-refractivity contribution in [1.82, 2.24) is 4.31 Å². The molecule has 138 valence electrons. The highest BCUT2D eigenvalue weighted by molar-refractivity contribution is 7.89. The molecule has 3 rings (SSSR count). The number of aliphatic hydroxyl groups excluding tert-OH is 1. The fourth-order valence-corrected chi connectivity index (χ4v) is 5.05. The van der Waals surface area contributed by atoms with Crippen molar-refractivity contribution in [1.29, 1.82) is 0 Å². The lowest BCUT2D eigenvalue weighted by atomic mass is 9.74. The molecule has 2 atom stereocenters. The molecule has 0 radical (unpaired) electrons. The van der Waals surface area contributed by atoms with Gasteiger partial charge < -0.3 is 14.9 Å². The van der Waals surface area contributed by atoms with Gasteiger partial charge in [0.25, 0.3) is 0 Å². The Balaban J connectivity index is 1.92. The van der Waals surface area contributed by atoms with Crippen LogP contribution in [0.1, 0.15) is 25.7 Å². The average Bonchev–Trinajstić information content (AvgIpc) is 3.40. The van der Waals surface area contributed by atoms with Crippen LogP contribution >= 0.6 is 0 Å². The van der Waals surface area contributed by atoms with E-state index in [1.54, 1.807) is 12.1 Å². The molecule has 1 aromatic carbocycles. The number of hydrogen-bond donors (Lipinski definition) is 2. The lowest BCUT2D eigenvalue weighted by Crippen LogP contribution is -2.57. The zero-order valence-corrected chi connectivity index (χ0v) is 14.9. The molecule has 8 heteroatoms. The minimum absolute atomic E-state index is 0.0638. The van der Waals surface area contributed by atoms with Gasteiger partial charge in [0.1, 0.15) is 11.2 Å². The lowest BCUT2D eigenvalue weighted by Gasteiger charge is -2.42. The molecule has 0 unspecified atom stereocenters. The van der Waals surface area contributed by atoms with Gasteiger partial charge in [0.2, 0.25) is 10.0 Å². The molecule has 1 aliphatic heterocycles. The van der Waals surface area contributed by atoms with Gasteiger partial charge in [-0.3, -0.25) is 4.79 Å². The van der Waals surface area contributed by atoms with Crippen molar-refractivity contribution in [3.05, 3.63) is 24.3 Å². The zero-order valence-electron chi connectivity index (χ0n) is 14.1. The molecule has 0 amide bonds. The van der Waals surface area contributed by atoms with Crippen molar-refractivity contribution in [2.75, 3.05) is 20.2 Å². The Morgan fingerprint density at radius 3 is 2.68 bits per heavy atom. The van der Waals surface area contributed by atoms with Crippen molar-refractivity contribution < 1.29 is 28.2 Å². The number of carboxylic acid groups (broad SMARTS) is 1. The zero-order chi connectivity index (χ0) is 18.2. The van der Waals surface area contributed by atoms with Crippen LogP contribution in [0.15, 0.2) is 29.2 Å². The molecular weight excluding hydrogens is 346 g/mol. The maximum absolute atomic E-state index is 13.0. The molecular formula is C17H23NO6S. The predicted molar refractivity (Wildman–Crippen MR) is 89.8 cm³/mol. The molecule has 1 aromatic rings. The minimum atomic E-state index is -3.86. The van der Waals surface area contributed by atoms with E-state index in [1.807, 2.05) is 0 Å². The number of hydrogen-bond acceptors (Lipinski definition) is 5. The van der Waals surface area contributed by atoms with E-state index in [-0.39, 0.29) is 30.3 Å². The summed E-state index contributed by atoms with van der Waals surface area (Å²) in [4.78, 5) is 12.0. The molecule has 1 aliphatic carbocycles. The van der Waals surface area contributed by atoms with Gasteiger partial charge in [-0.25, -0.2) is 8.42 Å². The van der Waals surface area contributed by atoms with Gasteiger partial charge in [-0.1, -0.05) is 18.9 Å². The van der Waals surface area contributed by atoms with Crippen molar-refractivity contribution in [2.45, 2.75) is 36.7 Å². The van der Waals surface area contributed by atoms with E-state index in [0.29, 0.717) is 12.2 Å². The molecule has 1 saturated heterocycles. The van der Waals surface area contributed by atoms with E-state index < -0.39 is 27.5 Å². The summed E-state index contributed by atoms with van der Waals surface area (Å²) in [6.07, 6.45) is 1.26. The van der Waals surface area contributed by atoms with Crippen LogP contribution in [0.4, 0.5) is 0 Å². The van der Waals surface area contributed by atoms with Gasteiger partial charge in [-0.05, 0) is 30.9 Å². The molecule has 25 heavy (non-hydrogen) atoms. The topological polar surface area (TPSA) is 104 Å². The highest BCUT2D eigenvalue weighted by Crippen LogP contribution is 2.45. The third kappa shape index (κ3) is 3.38. The summed E-state index contributed by atoms with van der Waals surface area (Å²) in [6.45, 7) is -0.111. The van der Waals surface area contributed by atoms with Crippen LogP contribution in [0.5, 0.6) is 5.75 Å². The third-order valence-corrected chi connectivity index (χ3v) is 7.04. The van der Waals surface area contributed by atoms with E-state index in [2.05, 4.69) is 0 Å².